The zero-order chi connectivity index (χ0) is 29.2. The second-order valence-corrected chi connectivity index (χ2v) is 6.96. The molecule has 2 rings (SSSR count). The molecule has 0 atom stereocenters. The van der Waals surface area contributed by atoms with E-state index in [1.165, 1.54) is 6.07 Å². The molecule has 0 bridgehead atoms. The van der Waals surface area contributed by atoms with Gasteiger partial charge in [0.15, 0.2) is 0 Å². The van der Waals surface area contributed by atoms with Crippen LogP contribution in [0.4, 0.5) is 39.5 Å². The van der Waals surface area contributed by atoms with Crippen molar-refractivity contribution in [1.82, 2.24) is 0 Å². The Morgan fingerprint density at radius 3 is 1.37 bits per heavy atom. The van der Waals surface area contributed by atoms with Crippen molar-refractivity contribution in [1.29, 1.82) is 31.6 Å². The molecule has 0 unspecified atom stereocenters. The second kappa shape index (κ2) is 9.86. The van der Waals surface area contributed by atoms with E-state index in [9.17, 15) is 55.3 Å². The van der Waals surface area contributed by atoms with Crippen LogP contribution >= 0.6 is 0 Å². The number of nitrogens with zero attached hydrogens (tertiary/aromatic N) is 6. The predicted molar refractivity (Wildman–Crippen MR) is 104 cm³/mol. The van der Waals surface area contributed by atoms with Gasteiger partial charge in [-0.1, -0.05) is 0 Å². The highest BCUT2D eigenvalue weighted by Crippen LogP contribution is 2.41. The van der Waals surface area contributed by atoms with Crippen LogP contribution in [0, 0.1) is 68.0 Å². The average Bonchev–Trinajstić information content (AvgIpc) is 2.82. The van der Waals surface area contributed by atoms with Crippen molar-refractivity contribution in [2.45, 2.75) is 18.5 Å². The van der Waals surface area contributed by atoms with Crippen molar-refractivity contribution >= 4 is 11.1 Å². The normalized spacial score (nSPS) is 12.1. The van der Waals surface area contributed by atoms with E-state index in [0.29, 0.717) is 0 Å². The molecule has 0 aliphatic rings. The standard InChI is InChI=1S/C23H3F9N6/c24-21(25,26)17-2-10(3-18(15(17)8-37)22(27,28)29)14(7-36)19-11(4-33)1-13(12(5-34)6-35)20(16(19)9-38)23(30,31)32/h1-3H/b19-14-. The first kappa shape index (κ1) is 28.7. The van der Waals surface area contributed by atoms with Gasteiger partial charge in [-0.2, -0.15) is 71.1 Å². The van der Waals surface area contributed by atoms with Gasteiger partial charge in [-0.05, 0) is 23.8 Å². The molecular formula is C23H3F9N6. The van der Waals surface area contributed by atoms with Gasteiger partial charge in [-0.3, -0.25) is 0 Å². The van der Waals surface area contributed by atoms with Crippen molar-refractivity contribution < 1.29 is 39.5 Å². The summed E-state index contributed by atoms with van der Waals surface area (Å²) in [6, 6.07) is 6.45. The van der Waals surface area contributed by atoms with Crippen LogP contribution in [0.2, 0.25) is 0 Å². The van der Waals surface area contributed by atoms with E-state index in [0.717, 1.165) is 30.3 Å². The maximum Gasteiger partial charge on any atom is 0.418 e. The van der Waals surface area contributed by atoms with Crippen LogP contribution in [-0.2, 0) is 18.5 Å². The van der Waals surface area contributed by atoms with E-state index in [1.807, 2.05) is 0 Å². The molecule has 0 saturated carbocycles. The summed E-state index contributed by atoms with van der Waals surface area (Å²) in [7, 11) is 0. The minimum Gasteiger partial charge on any atom is -0.192 e. The van der Waals surface area contributed by atoms with E-state index >= 15 is 0 Å². The molecular weight excluding hydrogens is 531 g/mol. The third kappa shape index (κ3) is 5.05. The number of hydrogen-bond donors (Lipinski definition) is 0. The largest absolute Gasteiger partial charge is 0.418 e. The first-order valence-electron chi connectivity index (χ1n) is 9.27. The number of halogens is 9. The maximum absolute atomic E-state index is 14.0. The Bertz CT molecular complexity index is 1680. The minimum absolute atomic E-state index is 0.113. The van der Waals surface area contributed by atoms with E-state index in [-0.39, 0.29) is 18.2 Å². The van der Waals surface area contributed by atoms with Gasteiger partial charge in [0, 0.05) is 10.4 Å². The molecule has 0 aliphatic heterocycles. The fourth-order valence-electron chi connectivity index (χ4n) is 3.40. The van der Waals surface area contributed by atoms with Gasteiger partial charge in [0.1, 0.15) is 35.9 Å². The molecule has 38 heavy (non-hydrogen) atoms. The van der Waals surface area contributed by atoms with E-state index in [1.54, 1.807) is 0 Å². The molecule has 2 aromatic rings. The summed E-state index contributed by atoms with van der Waals surface area (Å²) in [5, 5.41) is 53.1. The van der Waals surface area contributed by atoms with Crippen LogP contribution in [0.25, 0.3) is 11.1 Å². The van der Waals surface area contributed by atoms with Crippen molar-refractivity contribution in [3.63, 3.8) is 0 Å². The topological polar surface area (TPSA) is 143 Å². The molecule has 188 valence electrons. The van der Waals surface area contributed by atoms with Gasteiger partial charge in [0.2, 0.25) is 0 Å². The molecule has 0 aliphatic carbocycles. The Hall–Kier alpha value is -5.51. The summed E-state index contributed by atoms with van der Waals surface area (Å²) >= 11 is 0. The summed E-state index contributed by atoms with van der Waals surface area (Å²) in [6.07, 6.45) is -16.8. The molecule has 0 fully saturated rings. The van der Waals surface area contributed by atoms with Gasteiger partial charge in [0.05, 0.1) is 45.0 Å². The lowest BCUT2D eigenvalue weighted by Crippen LogP contribution is -2.31. The molecule has 0 spiro atoms. The first-order chi connectivity index (χ1) is 17.5. The molecule has 0 saturated heterocycles. The summed E-state index contributed by atoms with van der Waals surface area (Å²) in [5.74, 6) is 0. The zero-order valence-electron chi connectivity index (χ0n) is 17.8. The monoisotopic (exact) mass is 534 g/mol. The highest BCUT2D eigenvalue weighted by Gasteiger charge is 2.42. The fourth-order valence-corrected chi connectivity index (χ4v) is 3.40. The molecule has 15 heteroatoms. The molecule has 0 aromatic heterocycles. The fraction of sp³-hybridized carbons (Fsp3) is 0.130. The molecule has 2 aromatic carbocycles. The predicted octanol–water partition coefficient (Wildman–Crippen LogP) is 4.28. The Labute approximate surface area is 205 Å². The van der Waals surface area contributed by atoms with Gasteiger partial charge in [0.25, 0.3) is 0 Å². The highest BCUT2D eigenvalue weighted by atomic mass is 19.4. The smallest absolute Gasteiger partial charge is 0.192 e. The molecule has 0 amide bonds. The SMILES string of the molecule is N#CC(C#N)=c1cc(C#N)/c(=C(\C#N)c2cc(C(F)(F)F)c(C#N)c(C(F)(F)F)c2)c(C#N)c1C(F)(F)F. The van der Waals surface area contributed by atoms with Gasteiger partial charge < -0.3 is 0 Å². The summed E-state index contributed by atoms with van der Waals surface area (Å²) in [4.78, 5) is 0. The summed E-state index contributed by atoms with van der Waals surface area (Å²) < 4.78 is 123. The number of rotatable bonds is 1. The average molecular weight is 534 g/mol. The van der Waals surface area contributed by atoms with E-state index < -0.39 is 79.1 Å². The van der Waals surface area contributed by atoms with Crippen LogP contribution in [0.1, 0.15) is 38.9 Å². The molecule has 0 heterocycles. The highest BCUT2D eigenvalue weighted by molar-refractivity contribution is 5.82. The zero-order valence-corrected chi connectivity index (χ0v) is 17.8. The van der Waals surface area contributed by atoms with E-state index in [4.69, 9.17) is 15.8 Å². The Balaban J connectivity index is 3.49. The third-order valence-corrected chi connectivity index (χ3v) is 4.85. The van der Waals surface area contributed by atoms with Gasteiger partial charge >= 0.3 is 18.5 Å². The lowest BCUT2D eigenvalue weighted by atomic mass is 9.89. The number of alkyl halides is 9. The minimum atomic E-state index is -5.61. The quantitative estimate of drug-likeness (QED) is 0.500. The Morgan fingerprint density at radius 2 is 1.05 bits per heavy atom. The number of hydrogen-bond acceptors (Lipinski definition) is 6. The second-order valence-electron chi connectivity index (χ2n) is 6.96. The molecule has 0 radical (unpaired) electrons. The lowest BCUT2D eigenvalue weighted by Gasteiger charge is -2.17. The first-order valence-corrected chi connectivity index (χ1v) is 9.27. The van der Waals surface area contributed by atoms with Crippen LogP contribution in [-0.4, -0.2) is 0 Å². The lowest BCUT2D eigenvalue weighted by molar-refractivity contribution is -0.143. The molecule has 6 nitrogen and oxygen atoms in total. The van der Waals surface area contributed by atoms with Crippen LogP contribution in [0.3, 0.4) is 0 Å². The van der Waals surface area contributed by atoms with E-state index in [2.05, 4.69) is 0 Å². The van der Waals surface area contributed by atoms with Crippen molar-refractivity contribution in [2.24, 2.45) is 0 Å². The maximum atomic E-state index is 14.0. The summed E-state index contributed by atoms with van der Waals surface area (Å²) in [5.41, 5.74) is -14.9. The summed E-state index contributed by atoms with van der Waals surface area (Å²) in [6.45, 7) is 0. The van der Waals surface area contributed by atoms with Crippen LogP contribution < -0.4 is 10.4 Å². The Kier molecular flexibility index (Phi) is 7.45. The van der Waals surface area contributed by atoms with Crippen molar-refractivity contribution in [3.8, 4) is 36.4 Å². The van der Waals surface area contributed by atoms with Gasteiger partial charge in [-0.15, -0.1) is 0 Å². The van der Waals surface area contributed by atoms with Crippen molar-refractivity contribution in [2.75, 3.05) is 0 Å². The Morgan fingerprint density at radius 1 is 0.579 bits per heavy atom. The van der Waals surface area contributed by atoms with Crippen LogP contribution in [0.15, 0.2) is 18.2 Å². The van der Waals surface area contributed by atoms with Gasteiger partial charge in [-0.25, -0.2) is 0 Å². The molecule has 0 N–H and O–H groups in total. The third-order valence-electron chi connectivity index (χ3n) is 4.85. The van der Waals surface area contributed by atoms with Crippen molar-refractivity contribution in [3.05, 3.63) is 67.6 Å². The van der Waals surface area contributed by atoms with Crippen LogP contribution in [0.5, 0.6) is 0 Å². The number of benzene rings is 2. The number of nitriles is 6.